The van der Waals surface area contributed by atoms with Crippen LogP contribution in [0.5, 0.6) is 0 Å². The standard InChI is InChI=1S/C15H25N3O/c1-10-8-18(11(2)9-19-3)15(16-10)17-14-7-12-4-5-13(14)6-12/h8,11-14H,4-7,9H2,1-3H3,(H,16,17). The van der Waals surface area contributed by atoms with E-state index in [1.165, 1.54) is 25.7 Å². The van der Waals surface area contributed by atoms with Gasteiger partial charge >= 0.3 is 0 Å². The zero-order valence-electron chi connectivity index (χ0n) is 12.2. The molecule has 19 heavy (non-hydrogen) atoms. The van der Waals surface area contributed by atoms with Crippen molar-refractivity contribution in [1.29, 1.82) is 0 Å². The van der Waals surface area contributed by atoms with Crippen LogP contribution in [0, 0.1) is 18.8 Å². The number of rotatable bonds is 5. The Morgan fingerprint density at radius 2 is 2.32 bits per heavy atom. The molecule has 106 valence electrons. The molecular weight excluding hydrogens is 238 g/mol. The van der Waals surface area contributed by atoms with E-state index in [4.69, 9.17) is 4.74 Å². The monoisotopic (exact) mass is 263 g/mol. The molecule has 0 spiro atoms. The van der Waals surface area contributed by atoms with E-state index in [1.807, 2.05) is 0 Å². The Kier molecular flexibility index (Phi) is 3.52. The zero-order chi connectivity index (χ0) is 13.4. The Hall–Kier alpha value is -1.03. The van der Waals surface area contributed by atoms with Gasteiger partial charge in [-0.3, -0.25) is 0 Å². The molecule has 1 N–H and O–H groups in total. The van der Waals surface area contributed by atoms with Crippen molar-refractivity contribution in [3.63, 3.8) is 0 Å². The molecule has 2 saturated carbocycles. The SMILES string of the molecule is COCC(C)n1cc(C)nc1NC1CC2CCC1C2. The third-order valence-electron chi connectivity index (χ3n) is 4.79. The highest BCUT2D eigenvalue weighted by Crippen LogP contribution is 2.45. The van der Waals surface area contributed by atoms with Crippen LogP contribution in [0.2, 0.25) is 0 Å². The van der Waals surface area contributed by atoms with Crippen LogP contribution >= 0.6 is 0 Å². The fourth-order valence-electron chi connectivity index (χ4n) is 3.87. The second-order valence-corrected chi connectivity index (χ2v) is 6.34. The quantitative estimate of drug-likeness (QED) is 0.887. The molecule has 1 heterocycles. The number of anilines is 1. The number of methoxy groups -OCH3 is 1. The molecule has 4 nitrogen and oxygen atoms in total. The second-order valence-electron chi connectivity index (χ2n) is 6.34. The summed E-state index contributed by atoms with van der Waals surface area (Å²) in [6.07, 6.45) is 7.71. The Morgan fingerprint density at radius 3 is 2.95 bits per heavy atom. The van der Waals surface area contributed by atoms with E-state index in [1.54, 1.807) is 7.11 Å². The molecule has 0 amide bonds. The van der Waals surface area contributed by atoms with Gasteiger partial charge in [0.05, 0.1) is 18.3 Å². The number of aryl methyl sites for hydroxylation is 1. The lowest BCUT2D eigenvalue weighted by molar-refractivity contribution is 0.163. The minimum absolute atomic E-state index is 0.326. The minimum atomic E-state index is 0.326. The van der Waals surface area contributed by atoms with E-state index >= 15 is 0 Å². The molecule has 1 aromatic rings. The van der Waals surface area contributed by atoms with Gasteiger partial charge in [-0.2, -0.15) is 0 Å². The Labute approximate surface area is 115 Å². The van der Waals surface area contributed by atoms with Crippen LogP contribution in [0.15, 0.2) is 6.20 Å². The van der Waals surface area contributed by atoms with Crippen molar-refractivity contribution in [2.45, 2.75) is 51.6 Å². The molecule has 4 atom stereocenters. The van der Waals surface area contributed by atoms with Crippen molar-refractivity contribution >= 4 is 5.95 Å². The van der Waals surface area contributed by atoms with E-state index in [0.717, 1.165) is 30.1 Å². The number of aromatic nitrogens is 2. The van der Waals surface area contributed by atoms with Crippen LogP contribution < -0.4 is 5.32 Å². The van der Waals surface area contributed by atoms with Crippen molar-refractivity contribution in [1.82, 2.24) is 9.55 Å². The maximum absolute atomic E-state index is 5.27. The van der Waals surface area contributed by atoms with E-state index in [0.29, 0.717) is 12.1 Å². The highest BCUT2D eigenvalue weighted by Gasteiger charge is 2.39. The van der Waals surface area contributed by atoms with Crippen LogP contribution in [0.3, 0.4) is 0 Å². The molecule has 2 aliphatic rings. The number of ether oxygens (including phenoxy) is 1. The van der Waals surface area contributed by atoms with Gasteiger partial charge in [0.2, 0.25) is 5.95 Å². The summed E-state index contributed by atoms with van der Waals surface area (Å²) in [5, 5.41) is 3.70. The van der Waals surface area contributed by atoms with Gasteiger partial charge in [-0.05, 0) is 44.9 Å². The molecule has 1 aromatic heterocycles. The van der Waals surface area contributed by atoms with Crippen molar-refractivity contribution < 1.29 is 4.74 Å². The number of nitrogens with zero attached hydrogens (tertiary/aromatic N) is 2. The van der Waals surface area contributed by atoms with Crippen molar-refractivity contribution in [3.8, 4) is 0 Å². The van der Waals surface area contributed by atoms with Crippen molar-refractivity contribution in [2.75, 3.05) is 19.0 Å². The number of fused-ring (bicyclic) bond motifs is 2. The lowest BCUT2D eigenvalue weighted by Crippen LogP contribution is -2.28. The summed E-state index contributed by atoms with van der Waals surface area (Å²) < 4.78 is 7.49. The molecule has 2 aliphatic carbocycles. The number of hydrogen-bond acceptors (Lipinski definition) is 3. The average molecular weight is 263 g/mol. The second kappa shape index (κ2) is 5.16. The third kappa shape index (κ3) is 2.50. The maximum atomic E-state index is 5.27. The van der Waals surface area contributed by atoms with E-state index in [2.05, 4.69) is 34.9 Å². The molecular formula is C15H25N3O. The highest BCUT2D eigenvalue weighted by atomic mass is 16.5. The Morgan fingerprint density at radius 1 is 1.47 bits per heavy atom. The van der Waals surface area contributed by atoms with Gasteiger partial charge in [-0.1, -0.05) is 6.42 Å². The molecule has 0 saturated heterocycles. The minimum Gasteiger partial charge on any atom is -0.383 e. The predicted molar refractivity (Wildman–Crippen MR) is 76.4 cm³/mol. The van der Waals surface area contributed by atoms with E-state index in [9.17, 15) is 0 Å². The Balaban J connectivity index is 1.73. The fourth-order valence-corrected chi connectivity index (χ4v) is 3.87. The number of imidazole rings is 1. The summed E-state index contributed by atoms with van der Waals surface area (Å²) in [6, 6.07) is 0.960. The van der Waals surface area contributed by atoms with Crippen LogP contribution in [-0.4, -0.2) is 29.3 Å². The average Bonchev–Trinajstić information content (AvgIpc) is 3.05. The van der Waals surface area contributed by atoms with Crippen LogP contribution in [-0.2, 0) is 4.74 Å². The lowest BCUT2D eigenvalue weighted by atomic mass is 9.95. The first-order valence-corrected chi connectivity index (χ1v) is 7.48. The van der Waals surface area contributed by atoms with Gasteiger partial charge in [0.1, 0.15) is 0 Å². The van der Waals surface area contributed by atoms with Gasteiger partial charge in [0.25, 0.3) is 0 Å². The molecule has 0 aromatic carbocycles. The first kappa shape index (κ1) is 13.0. The van der Waals surface area contributed by atoms with Crippen LogP contribution in [0.4, 0.5) is 5.95 Å². The van der Waals surface area contributed by atoms with Crippen LogP contribution in [0.1, 0.15) is 44.3 Å². The molecule has 0 aliphatic heterocycles. The van der Waals surface area contributed by atoms with E-state index in [-0.39, 0.29) is 0 Å². The normalized spacial score (nSPS) is 30.8. The predicted octanol–water partition coefficient (Wildman–Crippen LogP) is 3.00. The molecule has 2 bridgehead atoms. The molecule has 2 fully saturated rings. The molecule has 4 unspecified atom stereocenters. The van der Waals surface area contributed by atoms with Gasteiger partial charge in [-0.25, -0.2) is 4.98 Å². The van der Waals surface area contributed by atoms with Gasteiger partial charge in [0.15, 0.2) is 0 Å². The zero-order valence-corrected chi connectivity index (χ0v) is 12.2. The molecule has 3 rings (SSSR count). The summed E-state index contributed by atoms with van der Waals surface area (Å²) >= 11 is 0. The smallest absolute Gasteiger partial charge is 0.203 e. The highest BCUT2D eigenvalue weighted by molar-refractivity contribution is 5.32. The summed E-state index contributed by atoms with van der Waals surface area (Å²) in [4.78, 5) is 4.66. The van der Waals surface area contributed by atoms with Crippen molar-refractivity contribution in [2.24, 2.45) is 11.8 Å². The topological polar surface area (TPSA) is 39.1 Å². The van der Waals surface area contributed by atoms with Crippen LogP contribution in [0.25, 0.3) is 0 Å². The summed E-state index contributed by atoms with van der Waals surface area (Å²) in [6.45, 7) is 4.96. The summed E-state index contributed by atoms with van der Waals surface area (Å²) in [5.74, 6) is 2.86. The number of hydrogen-bond donors (Lipinski definition) is 1. The molecule has 0 radical (unpaired) electrons. The third-order valence-corrected chi connectivity index (χ3v) is 4.79. The Bertz CT molecular complexity index is 443. The van der Waals surface area contributed by atoms with Gasteiger partial charge < -0.3 is 14.6 Å². The molecule has 4 heteroatoms. The lowest BCUT2D eigenvalue weighted by Gasteiger charge is -2.25. The fraction of sp³-hybridized carbons (Fsp3) is 0.800. The van der Waals surface area contributed by atoms with E-state index < -0.39 is 0 Å². The summed E-state index contributed by atoms with van der Waals surface area (Å²) in [5.41, 5.74) is 1.08. The maximum Gasteiger partial charge on any atom is 0.203 e. The summed E-state index contributed by atoms with van der Waals surface area (Å²) in [7, 11) is 1.75. The van der Waals surface area contributed by atoms with Gasteiger partial charge in [-0.15, -0.1) is 0 Å². The van der Waals surface area contributed by atoms with Gasteiger partial charge in [0, 0.05) is 19.3 Å². The first-order valence-electron chi connectivity index (χ1n) is 7.48. The number of nitrogens with one attached hydrogen (secondary N) is 1. The largest absolute Gasteiger partial charge is 0.383 e. The van der Waals surface area contributed by atoms with Crippen molar-refractivity contribution in [3.05, 3.63) is 11.9 Å². The first-order chi connectivity index (χ1) is 9.17.